The zero-order valence-corrected chi connectivity index (χ0v) is 8.25. The molecule has 0 aliphatic rings. The van der Waals surface area contributed by atoms with Gasteiger partial charge in [0.15, 0.2) is 0 Å². The summed E-state index contributed by atoms with van der Waals surface area (Å²) < 4.78 is 38.5. The summed E-state index contributed by atoms with van der Waals surface area (Å²) in [7, 11) is 1.27. The molecule has 2 rings (SSSR count). The Balaban J connectivity index is 2.73. The average molecular weight is 228 g/mol. The van der Waals surface area contributed by atoms with Gasteiger partial charge >= 0.3 is 6.18 Å². The summed E-state index contributed by atoms with van der Waals surface area (Å²) in [5, 5.41) is 0. The minimum atomic E-state index is -4.49. The van der Waals surface area contributed by atoms with Crippen molar-refractivity contribution in [3.8, 4) is 0 Å². The molecular weight excluding hydrogens is 221 g/mol. The van der Waals surface area contributed by atoms with Crippen LogP contribution in [0.2, 0.25) is 0 Å². The van der Waals surface area contributed by atoms with Gasteiger partial charge in [-0.1, -0.05) is 0 Å². The van der Waals surface area contributed by atoms with Crippen LogP contribution in [0, 0.1) is 0 Å². The van der Waals surface area contributed by atoms with Crippen molar-refractivity contribution in [3.63, 3.8) is 0 Å². The normalized spacial score (nSPS) is 12.0. The lowest BCUT2D eigenvalue weighted by atomic mass is 10.2. The molecule has 0 aliphatic heterocycles. The van der Waals surface area contributed by atoms with Crippen LogP contribution in [0.15, 0.2) is 18.2 Å². The molecule has 0 unspecified atom stereocenters. The Labute approximate surface area is 88.5 Å². The summed E-state index contributed by atoms with van der Waals surface area (Å²) in [6, 6.07) is 4.21. The van der Waals surface area contributed by atoms with E-state index in [0.717, 1.165) is 4.57 Å². The highest BCUT2D eigenvalue weighted by atomic mass is 19.4. The van der Waals surface area contributed by atoms with Crippen molar-refractivity contribution < 1.29 is 18.0 Å². The monoisotopic (exact) mass is 228 g/mol. The molecule has 0 radical (unpaired) electrons. The van der Waals surface area contributed by atoms with Gasteiger partial charge < -0.3 is 4.57 Å². The van der Waals surface area contributed by atoms with Gasteiger partial charge in [-0.05, 0) is 18.2 Å². The zero-order chi connectivity index (χ0) is 11.9. The van der Waals surface area contributed by atoms with Gasteiger partial charge in [0.2, 0.25) is 5.82 Å². The first-order chi connectivity index (χ1) is 7.43. The number of imidazole rings is 1. The standard InChI is InChI=1S/C10H7F3N2O/c1-15-8-4-6(5-16)2-3-7(8)14-9(15)10(11,12)13/h2-5H,1H3. The van der Waals surface area contributed by atoms with E-state index in [2.05, 4.69) is 4.98 Å². The van der Waals surface area contributed by atoms with Crippen LogP contribution in [-0.2, 0) is 13.2 Å². The second-order valence-electron chi connectivity index (χ2n) is 3.36. The van der Waals surface area contributed by atoms with Crippen molar-refractivity contribution in [3.05, 3.63) is 29.6 Å². The molecule has 0 saturated carbocycles. The summed E-state index contributed by atoms with van der Waals surface area (Å²) in [6.45, 7) is 0. The van der Waals surface area contributed by atoms with Crippen LogP contribution in [-0.4, -0.2) is 15.8 Å². The van der Waals surface area contributed by atoms with E-state index in [0.29, 0.717) is 11.8 Å². The van der Waals surface area contributed by atoms with Crippen LogP contribution < -0.4 is 0 Å². The highest BCUT2D eigenvalue weighted by Crippen LogP contribution is 2.30. The Morgan fingerprint density at radius 1 is 1.38 bits per heavy atom. The first-order valence-electron chi connectivity index (χ1n) is 4.42. The lowest BCUT2D eigenvalue weighted by Crippen LogP contribution is -2.12. The smallest absolute Gasteiger partial charge is 0.323 e. The summed E-state index contributed by atoms with van der Waals surface area (Å²) in [5.41, 5.74) is 0.835. The second kappa shape index (κ2) is 3.33. The van der Waals surface area contributed by atoms with Crippen LogP contribution in [0.5, 0.6) is 0 Å². The predicted octanol–water partition coefficient (Wildman–Crippen LogP) is 2.40. The fraction of sp³-hybridized carbons (Fsp3) is 0.200. The van der Waals surface area contributed by atoms with Crippen LogP contribution in [0.25, 0.3) is 11.0 Å². The number of aryl methyl sites for hydroxylation is 1. The fourth-order valence-electron chi connectivity index (χ4n) is 1.53. The largest absolute Gasteiger partial charge is 0.449 e. The Bertz CT molecular complexity index is 557. The van der Waals surface area contributed by atoms with Crippen molar-refractivity contribution in [2.24, 2.45) is 7.05 Å². The predicted molar refractivity (Wildman–Crippen MR) is 51.1 cm³/mol. The fourth-order valence-corrected chi connectivity index (χ4v) is 1.53. The number of hydrogen-bond donors (Lipinski definition) is 0. The molecular formula is C10H7F3N2O. The van der Waals surface area contributed by atoms with Crippen LogP contribution in [0.1, 0.15) is 16.2 Å². The second-order valence-corrected chi connectivity index (χ2v) is 3.36. The first-order valence-corrected chi connectivity index (χ1v) is 4.42. The summed E-state index contributed by atoms with van der Waals surface area (Å²) in [5.74, 6) is -0.967. The summed E-state index contributed by atoms with van der Waals surface area (Å²) in [6.07, 6.45) is -3.91. The maximum Gasteiger partial charge on any atom is 0.449 e. The molecule has 0 N–H and O–H groups in total. The summed E-state index contributed by atoms with van der Waals surface area (Å²) in [4.78, 5) is 14.0. The van der Waals surface area contributed by atoms with Gasteiger partial charge in [-0.25, -0.2) is 4.98 Å². The van der Waals surface area contributed by atoms with E-state index >= 15 is 0 Å². The van der Waals surface area contributed by atoms with Crippen molar-refractivity contribution in [1.82, 2.24) is 9.55 Å². The molecule has 0 spiro atoms. The van der Waals surface area contributed by atoms with E-state index in [-0.39, 0.29) is 11.0 Å². The molecule has 1 heterocycles. The molecule has 0 bridgehead atoms. The third kappa shape index (κ3) is 1.56. The molecule has 84 valence electrons. The topological polar surface area (TPSA) is 34.9 Å². The van der Waals surface area contributed by atoms with Crippen molar-refractivity contribution in [2.75, 3.05) is 0 Å². The van der Waals surface area contributed by atoms with Crippen molar-refractivity contribution >= 4 is 17.3 Å². The Morgan fingerprint density at radius 2 is 2.06 bits per heavy atom. The number of fused-ring (bicyclic) bond motifs is 1. The number of carbonyl (C=O) groups is 1. The van der Waals surface area contributed by atoms with Crippen molar-refractivity contribution in [1.29, 1.82) is 0 Å². The molecule has 0 saturated heterocycles. The van der Waals surface area contributed by atoms with E-state index in [9.17, 15) is 18.0 Å². The molecule has 0 fully saturated rings. The van der Waals surface area contributed by atoms with E-state index in [1.54, 1.807) is 0 Å². The van der Waals surface area contributed by atoms with E-state index in [1.165, 1.54) is 25.2 Å². The van der Waals surface area contributed by atoms with E-state index < -0.39 is 12.0 Å². The molecule has 1 aromatic heterocycles. The Hall–Kier alpha value is -1.85. The van der Waals surface area contributed by atoms with Crippen molar-refractivity contribution in [2.45, 2.75) is 6.18 Å². The van der Waals surface area contributed by atoms with Gasteiger partial charge in [-0.15, -0.1) is 0 Å². The molecule has 1 aromatic carbocycles. The van der Waals surface area contributed by atoms with Crippen LogP contribution in [0.3, 0.4) is 0 Å². The van der Waals surface area contributed by atoms with Crippen LogP contribution >= 0.6 is 0 Å². The highest BCUT2D eigenvalue weighted by Gasteiger charge is 2.36. The van der Waals surface area contributed by atoms with E-state index in [1.807, 2.05) is 0 Å². The molecule has 2 aromatic rings. The maximum atomic E-state index is 12.5. The number of aldehydes is 1. The van der Waals surface area contributed by atoms with Gasteiger partial charge in [-0.3, -0.25) is 4.79 Å². The molecule has 6 heteroatoms. The molecule has 0 amide bonds. The number of alkyl halides is 3. The number of rotatable bonds is 1. The minimum Gasteiger partial charge on any atom is -0.323 e. The molecule has 0 atom stereocenters. The van der Waals surface area contributed by atoms with Crippen LogP contribution in [0.4, 0.5) is 13.2 Å². The summed E-state index contributed by atoms with van der Waals surface area (Å²) >= 11 is 0. The van der Waals surface area contributed by atoms with Gasteiger partial charge in [0, 0.05) is 12.6 Å². The number of hydrogen-bond acceptors (Lipinski definition) is 2. The Kier molecular flexibility index (Phi) is 2.22. The SMILES string of the molecule is Cn1c(C(F)(F)F)nc2ccc(C=O)cc21. The van der Waals surface area contributed by atoms with Gasteiger partial charge in [-0.2, -0.15) is 13.2 Å². The zero-order valence-electron chi connectivity index (χ0n) is 8.25. The third-order valence-corrected chi connectivity index (χ3v) is 2.29. The molecule has 0 aliphatic carbocycles. The number of aromatic nitrogens is 2. The molecule has 16 heavy (non-hydrogen) atoms. The van der Waals surface area contributed by atoms with Gasteiger partial charge in [0.05, 0.1) is 11.0 Å². The lowest BCUT2D eigenvalue weighted by molar-refractivity contribution is -0.146. The quantitative estimate of drug-likeness (QED) is 0.702. The third-order valence-electron chi connectivity index (χ3n) is 2.29. The highest BCUT2D eigenvalue weighted by molar-refractivity contribution is 5.85. The number of nitrogens with zero attached hydrogens (tertiary/aromatic N) is 2. The number of carbonyl (C=O) groups excluding carboxylic acids is 1. The van der Waals surface area contributed by atoms with E-state index in [4.69, 9.17) is 0 Å². The number of halogens is 3. The van der Waals surface area contributed by atoms with Gasteiger partial charge in [0.25, 0.3) is 0 Å². The maximum absolute atomic E-state index is 12.5. The first kappa shape index (κ1) is 10.7. The molecule has 3 nitrogen and oxygen atoms in total. The average Bonchev–Trinajstić information content (AvgIpc) is 2.55. The lowest BCUT2D eigenvalue weighted by Gasteiger charge is -2.05. The minimum absolute atomic E-state index is 0.223. The van der Waals surface area contributed by atoms with Gasteiger partial charge in [0.1, 0.15) is 6.29 Å². The number of benzene rings is 1. The Morgan fingerprint density at radius 3 is 2.62 bits per heavy atom.